The third kappa shape index (κ3) is 6.42. The fraction of sp³-hybridized carbons (Fsp3) is 0.545. The largest absolute Gasteiger partial charge is 0.346 e. The quantitative estimate of drug-likeness (QED) is 0.326. The van der Waals surface area contributed by atoms with Crippen LogP contribution in [0.15, 0.2) is 24.8 Å². The first-order valence-corrected chi connectivity index (χ1v) is 11.4. The summed E-state index contributed by atoms with van der Waals surface area (Å²) < 4.78 is 0. The maximum absolute atomic E-state index is 12.9. The summed E-state index contributed by atoms with van der Waals surface area (Å²) in [5, 5.41) is 8.17. The first-order chi connectivity index (χ1) is 16.3. The summed E-state index contributed by atoms with van der Waals surface area (Å²) in [6.45, 7) is 5.55. The van der Waals surface area contributed by atoms with Gasteiger partial charge in [0.1, 0.15) is 29.8 Å². The molecule has 34 heavy (non-hydrogen) atoms. The lowest BCUT2D eigenvalue weighted by Crippen LogP contribution is -2.54. The van der Waals surface area contributed by atoms with Crippen molar-refractivity contribution < 1.29 is 19.2 Å². The van der Waals surface area contributed by atoms with Crippen molar-refractivity contribution in [1.29, 1.82) is 0 Å². The standard InChI is InChI=1S/C22H32N8O4/c1-13(2)11-15(28-22(34)16-5-4-10-30(16)14(3)31)21(33)27-12-17(32)29-18(19-23-6-7-24-19)20-25-8-9-26-20/h6-9,13,15-16,18H,4-5,10-12H2,1-3H3,(H,23,24)(H,25,26)(H,27,33)(H,28,34)(H,29,32)/t15-,16-/m0/s1. The number of nitrogens with zero attached hydrogens (tertiary/aromatic N) is 3. The molecule has 2 atom stereocenters. The second-order valence-electron chi connectivity index (χ2n) is 8.73. The van der Waals surface area contributed by atoms with E-state index >= 15 is 0 Å². The second kappa shape index (κ2) is 11.4. The Bertz CT molecular complexity index is 939. The van der Waals surface area contributed by atoms with Gasteiger partial charge in [0.15, 0.2) is 0 Å². The molecule has 184 valence electrons. The van der Waals surface area contributed by atoms with Gasteiger partial charge in [0, 0.05) is 38.3 Å². The maximum atomic E-state index is 12.9. The summed E-state index contributed by atoms with van der Waals surface area (Å²) >= 11 is 0. The summed E-state index contributed by atoms with van der Waals surface area (Å²) in [5.74, 6) is -0.316. The van der Waals surface area contributed by atoms with Crippen LogP contribution in [0.25, 0.3) is 0 Å². The van der Waals surface area contributed by atoms with E-state index in [0.717, 1.165) is 6.42 Å². The Morgan fingerprint density at radius 3 is 2.26 bits per heavy atom. The number of aromatic nitrogens is 4. The number of imidazole rings is 2. The van der Waals surface area contributed by atoms with Crippen molar-refractivity contribution in [1.82, 2.24) is 40.8 Å². The number of H-pyrrole nitrogens is 2. The zero-order valence-electron chi connectivity index (χ0n) is 19.6. The number of carbonyl (C=O) groups is 4. The van der Waals surface area contributed by atoms with Crippen molar-refractivity contribution in [2.24, 2.45) is 5.92 Å². The Hall–Kier alpha value is -3.70. The van der Waals surface area contributed by atoms with Crippen LogP contribution >= 0.6 is 0 Å². The minimum Gasteiger partial charge on any atom is -0.346 e. The number of amides is 4. The van der Waals surface area contributed by atoms with Gasteiger partial charge in [0.25, 0.3) is 0 Å². The molecule has 5 N–H and O–H groups in total. The van der Waals surface area contributed by atoms with Gasteiger partial charge in [-0.15, -0.1) is 0 Å². The van der Waals surface area contributed by atoms with Crippen LogP contribution in [-0.4, -0.2) is 73.6 Å². The van der Waals surface area contributed by atoms with E-state index in [0.29, 0.717) is 31.0 Å². The molecule has 1 fully saturated rings. The summed E-state index contributed by atoms with van der Waals surface area (Å²) in [4.78, 5) is 65.9. The van der Waals surface area contributed by atoms with E-state index in [4.69, 9.17) is 0 Å². The summed E-state index contributed by atoms with van der Waals surface area (Å²) in [6, 6.07) is -2.04. The van der Waals surface area contributed by atoms with Gasteiger partial charge in [-0.05, 0) is 25.2 Å². The second-order valence-corrected chi connectivity index (χ2v) is 8.73. The fourth-order valence-corrected chi connectivity index (χ4v) is 4.03. The van der Waals surface area contributed by atoms with Gasteiger partial charge >= 0.3 is 0 Å². The Morgan fingerprint density at radius 2 is 1.74 bits per heavy atom. The highest BCUT2D eigenvalue weighted by molar-refractivity contribution is 5.93. The normalized spacial score (nSPS) is 16.5. The zero-order chi connectivity index (χ0) is 24.7. The molecule has 0 spiro atoms. The molecule has 3 heterocycles. The molecule has 4 amide bonds. The van der Waals surface area contributed by atoms with Gasteiger partial charge in [-0.2, -0.15) is 0 Å². The molecule has 0 aliphatic carbocycles. The predicted molar refractivity (Wildman–Crippen MR) is 122 cm³/mol. The summed E-state index contributed by atoms with van der Waals surface area (Å²) in [7, 11) is 0. The monoisotopic (exact) mass is 472 g/mol. The zero-order valence-corrected chi connectivity index (χ0v) is 19.6. The van der Waals surface area contributed by atoms with Gasteiger partial charge < -0.3 is 30.8 Å². The van der Waals surface area contributed by atoms with Crippen LogP contribution in [-0.2, 0) is 19.2 Å². The van der Waals surface area contributed by atoms with Crippen molar-refractivity contribution in [2.75, 3.05) is 13.1 Å². The van der Waals surface area contributed by atoms with E-state index in [1.54, 1.807) is 24.8 Å². The van der Waals surface area contributed by atoms with E-state index in [1.807, 2.05) is 13.8 Å². The molecule has 12 nitrogen and oxygen atoms in total. The third-order valence-corrected chi connectivity index (χ3v) is 5.61. The van der Waals surface area contributed by atoms with E-state index in [9.17, 15) is 19.2 Å². The molecular formula is C22H32N8O4. The van der Waals surface area contributed by atoms with Crippen molar-refractivity contribution in [2.45, 2.75) is 58.2 Å². The van der Waals surface area contributed by atoms with Crippen molar-refractivity contribution in [3.05, 3.63) is 36.4 Å². The highest BCUT2D eigenvalue weighted by Gasteiger charge is 2.34. The molecule has 0 radical (unpaired) electrons. The molecule has 0 unspecified atom stereocenters. The van der Waals surface area contributed by atoms with Gasteiger partial charge in [-0.25, -0.2) is 9.97 Å². The highest BCUT2D eigenvalue weighted by Crippen LogP contribution is 2.18. The fourth-order valence-electron chi connectivity index (χ4n) is 4.03. The smallest absolute Gasteiger partial charge is 0.243 e. The first kappa shape index (κ1) is 24.9. The van der Waals surface area contributed by atoms with Crippen molar-refractivity contribution in [3.63, 3.8) is 0 Å². The van der Waals surface area contributed by atoms with Crippen LogP contribution in [0.1, 0.15) is 57.7 Å². The molecule has 12 heteroatoms. The minimum absolute atomic E-state index is 0.125. The summed E-state index contributed by atoms with van der Waals surface area (Å²) in [5.41, 5.74) is 0. The minimum atomic E-state index is -0.819. The molecule has 1 aliphatic rings. The molecule has 0 saturated carbocycles. The van der Waals surface area contributed by atoms with Crippen LogP contribution < -0.4 is 16.0 Å². The highest BCUT2D eigenvalue weighted by atomic mass is 16.2. The molecule has 0 bridgehead atoms. The Balaban J connectivity index is 1.59. The predicted octanol–water partition coefficient (Wildman–Crippen LogP) is -0.00360. The topological polar surface area (TPSA) is 165 Å². The number of aromatic amines is 2. The van der Waals surface area contributed by atoms with Crippen LogP contribution in [0.2, 0.25) is 0 Å². The molecule has 2 aromatic heterocycles. The van der Waals surface area contributed by atoms with Crippen LogP contribution in [0, 0.1) is 5.92 Å². The average molecular weight is 473 g/mol. The lowest BCUT2D eigenvalue weighted by Gasteiger charge is -2.26. The van der Waals surface area contributed by atoms with Gasteiger partial charge in [-0.3, -0.25) is 19.2 Å². The van der Waals surface area contributed by atoms with E-state index < -0.39 is 29.9 Å². The maximum Gasteiger partial charge on any atom is 0.243 e. The average Bonchev–Trinajstić information content (AvgIpc) is 3.56. The Morgan fingerprint density at radius 1 is 1.09 bits per heavy atom. The van der Waals surface area contributed by atoms with Crippen molar-refractivity contribution >= 4 is 23.6 Å². The molecule has 3 rings (SSSR count). The van der Waals surface area contributed by atoms with E-state index in [1.165, 1.54) is 11.8 Å². The molecular weight excluding hydrogens is 440 g/mol. The van der Waals surface area contributed by atoms with E-state index in [2.05, 4.69) is 35.9 Å². The van der Waals surface area contributed by atoms with Crippen molar-refractivity contribution in [3.8, 4) is 0 Å². The Labute approximate surface area is 197 Å². The van der Waals surface area contributed by atoms with Gasteiger partial charge in [0.2, 0.25) is 23.6 Å². The van der Waals surface area contributed by atoms with Crippen LogP contribution in [0.5, 0.6) is 0 Å². The molecule has 2 aromatic rings. The summed E-state index contributed by atoms with van der Waals surface area (Å²) in [6.07, 6.45) is 8.10. The number of carbonyl (C=O) groups excluding carboxylic acids is 4. The lowest BCUT2D eigenvalue weighted by atomic mass is 10.0. The third-order valence-electron chi connectivity index (χ3n) is 5.61. The van der Waals surface area contributed by atoms with Gasteiger partial charge in [-0.1, -0.05) is 13.8 Å². The van der Waals surface area contributed by atoms with E-state index in [-0.39, 0.29) is 24.3 Å². The number of hydrogen-bond donors (Lipinski definition) is 5. The number of hydrogen-bond acceptors (Lipinski definition) is 6. The van der Waals surface area contributed by atoms with Gasteiger partial charge in [0.05, 0.1) is 6.54 Å². The Kier molecular flexibility index (Phi) is 8.39. The molecule has 0 aromatic carbocycles. The first-order valence-electron chi connectivity index (χ1n) is 11.4. The van der Waals surface area contributed by atoms with Crippen LogP contribution in [0.4, 0.5) is 0 Å². The lowest BCUT2D eigenvalue weighted by molar-refractivity contribution is -0.138. The van der Waals surface area contributed by atoms with Crippen LogP contribution in [0.3, 0.4) is 0 Å². The molecule has 1 aliphatic heterocycles. The molecule has 1 saturated heterocycles. The SMILES string of the molecule is CC(=O)N1CCC[C@H]1C(=O)N[C@@H](CC(C)C)C(=O)NCC(=O)NC(c1ncc[nH]1)c1ncc[nH]1. The number of nitrogens with one attached hydrogen (secondary N) is 5. The number of likely N-dealkylation sites (tertiary alicyclic amines) is 1. The number of rotatable bonds is 10.